The van der Waals surface area contributed by atoms with Crippen LogP contribution in [0, 0.1) is 13.8 Å². The smallest absolute Gasteiger partial charge is 0.307 e. The second-order valence-corrected chi connectivity index (χ2v) is 4.59. The van der Waals surface area contributed by atoms with E-state index in [-0.39, 0.29) is 6.42 Å². The summed E-state index contributed by atoms with van der Waals surface area (Å²) in [6.45, 7) is 4.15. The molecule has 0 saturated carbocycles. The minimum atomic E-state index is -0.797. The van der Waals surface area contributed by atoms with Gasteiger partial charge in [-0.2, -0.15) is 0 Å². The summed E-state index contributed by atoms with van der Waals surface area (Å²) in [5, 5.41) is 8.73. The van der Waals surface area contributed by atoms with Gasteiger partial charge in [0.05, 0.1) is 6.42 Å². The van der Waals surface area contributed by atoms with Gasteiger partial charge in [-0.1, -0.05) is 48.0 Å². The number of hydrogen-bond acceptors (Lipinski definition) is 1. The minimum absolute atomic E-state index is 0.0765. The number of benzene rings is 2. The first-order chi connectivity index (χ1) is 8.56. The lowest BCUT2D eigenvalue weighted by molar-refractivity contribution is -0.136. The van der Waals surface area contributed by atoms with Crippen molar-refractivity contribution in [3.8, 4) is 11.1 Å². The van der Waals surface area contributed by atoms with Crippen molar-refractivity contribution in [2.75, 3.05) is 0 Å². The number of carboxylic acids is 1. The van der Waals surface area contributed by atoms with Crippen LogP contribution < -0.4 is 0 Å². The summed E-state index contributed by atoms with van der Waals surface area (Å²) >= 11 is 0. The maximum Gasteiger partial charge on any atom is 0.307 e. The van der Waals surface area contributed by atoms with Gasteiger partial charge < -0.3 is 5.11 Å². The first kappa shape index (κ1) is 12.4. The summed E-state index contributed by atoms with van der Waals surface area (Å²) in [6.07, 6.45) is 0.0765. The third-order valence-corrected chi connectivity index (χ3v) is 3.01. The lowest BCUT2D eigenvalue weighted by Gasteiger charge is -2.08. The van der Waals surface area contributed by atoms with E-state index in [1.165, 1.54) is 16.7 Å². The average Bonchev–Trinajstić information content (AvgIpc) is 2.33. The van der Waals surface area contributed by atoms with Crippen LogP contribution in [-0.2, 0) is 11.2 Å². The Morgan fingerprint density at radius 2 is 1.72 bits per heavy atom. The van der Waals surface area contributed by atoms with Gasteiger partial charge in [-0.3, -0.25) is 4.79 Å². The van der Waals surface area contributed by atoms with E-state index < -0.39 is 5.97 Å². The molecular weight excluding hydrogens is 224 g/mol. The number of aryl methyl sites for hydroxylation is 2. The summed E-state index contributed by atoms with van der Waals surface area (Å²) in [7, 11) is 0. The molecule has 0 aliphatic rings. The Labute approximate surface area is 107 Å². The maximum atomic E-state index is 10.6. The molecule has 2 heteroatoms. The number of carboxylic acid groups (broad SMARTS) is 1. The standard InChI is InChI=1S/C16H16O2/c1-11-3-4-12(2)15(9-11)14-7-5-13(6-8-14)10-16(17)18/h3-9H,10H2,1-2H3,(H,17,18). The summed E-state index contributed by atoms with van der Waals surface area (Å²) in [4.78, 5) is 10.6. The fourth-order valence-corrected chi connectivity index (χ4v) is 2.02. The van der Waals surface area contributed by atoms with Crippen molar-refractivity contribution in [3.05, 3.63) is 59.2 Å². The predicted octanol–water partition coefficient (Wildman–Crippen LogP) is 3.60. The zero-order valence-corrected chi connectivity index (χ0v) is 10.6. The van der Waals surface area contributed by atoms with Gasteiger partial charge in [0, 0.05) is 0 Å². The van der Waals surface area contributed by atoms with Gasteiger partial charge in [0.1, 0.15) is 0 Å². The number of hydrogen-bond donors (Lipinski definition) is 1. The molecule has 0 spiro atoms. The fourth-order valence-electron chi connectivity index (χ4n) is 2.02. The molecule has 0 heterocycles. The molecule has 0 aliphatic heterocycles. The Hall–Kier alpha value is -2.09. The maximum absolute atomic E-state index is 10.6. The van der Waals surface area contributed by atoms with E-state index >= 15 is 0 Å². The van der Waals surface area contributed by atoms with Crippen LogP contribution in [0.1, 0.15) is 16.7 Å². The highest BCUT2D eigenvalue weighted by Crippen LogP contribution is 2.24. The molecule has 0 atom stereocenters. The molecule has 0 amide bonds. The Morgan fingerprint density at radius 3 is 2.33 bits per heavy atom. The first-order valence-corrected chi connectivity index (χ1v) is 5.94. The Bertz CT molecular complexity index is 568. The number of carbonyl (C=O) groups is 1. The average molecular weight is 240 g/mol. The highest BCUT2D eigenvalue weighted by atomic mass is 16.4. The molecule has 2 nitrogen and oxygen atoms in total. The van der Waals surface area contributed by atoms with Crippen LogP contribution in [0.3, 0.4) is 0 Å². The molecule has 0 saturated heterocycles. The van der Waals surface area contributed by atoms with Gasteiger partial charge in [0.2, 0.25) is 0 Å². The van der Waals surface area contributed by atoms with Crippen molar-refractivity contribution >= 4 is 5.97 Å². The van der Waals surface area contributed by atoms with Crippen LogP contribution in [0.25, 0.3) is 11.1 Å². The number of rotatable bonds is 3. The molecule has 2 aromatic rings. The molecule has 0 radical (unpaired) electrons. The Kier molecular flexibility index (Phi) is 3.47. The molecule has 0 bridgehead atoms. The van der Waals surface area contributed by atoms with Crippen molar-refractivity contribution in [3.63, 3.8) is 0 Å². The molecule has 0 aliphatic carbocycles. The van der Waals surface area contributed by atoms with E-state index in [0.29, 0.717) is 0 Å². The fraction of sp³-hybridized carbons (Fsp3) is 0.188. The summed E-state index contributed by atoms with van der Waals surface area (Å²) < 4.78 is 0. The zero-order valence-electron chi connectivity index (χ0n) is 10.6. The lowest BCUT2D eigenvalue weighted by atomic mass is 9.97. The van der Waals surface area contributed by atoms with Gasteiger partial charge >= 0.3 is 5.97 Å². The topological polar surface area (TPSA) is 37.3 Å². The Morgan fingerprint density at radius 1 is 1.06 bits per heavy atom. The van der Waals surface area contributed by atoms with Crippen molar-refractivity contribution in [2.24, 2.45) is 0 Å². The molecule has 0 unspecified atom stereocenters. The zero-order chi connectivity index (χ0) is 13.1. The van der Waals surface area contributed by atoms with Crippen LogP contribution >= 0.6 is 0 Å². The third kappa shape index (κ3) is 2.77. The van der Waals surface area contributed by atoms with Crippen molar-refractivity contribution < 1.29 is 9.90 Å². The van der Waals surface area contributed by atoms with Gasteiger partial charge in [-0.15, -0.1) is 0 Å². The molecular formula is C16H16O2. The van der Waals surface area contributed by atoms with E-state index in [0.717, 1.165) is 11.1 Å². The molecule has 0 aromatic heterocycles. The van der Waals surface area contributed by atoms with Crippen molar-refractivity contribution in [1.82, 2.24) is 0 Å². The van der Waals surface area contributed by atoms with Gasteiger partial charge in [0.15, 0.2) is 0 Å². The monoisotopic (exact) mass is 240 g/mol. The first-order valence-electron chi connectivity index (χ1n) is 5.94. The highest BCUT2D eigenvalue weighted by Gasteiger charge is 2.04. The van der Waals surface area contributed by atoms with Gasteiger partial charge in [-0.05, 0) is 36.1 Å². The van der Waals surface area contributed by atoms with E-state index in [4.69, 9.17) is 5.11 Å². The molecule has 92 valence electrons. The van der Waals surface area contributed by atoms with E-state index in [1.807, 2.05) is 24.3 Å². The highest BCUT2D eigenvalue weighted by molar-refractivity contribution is 5.72. The molecule has 18 heavy (non-hydrogen) atoms. The molecule has 2 aromatic carbocycles. The van der Waals surface area contributed by atoms with Crippen molar-refractivity contribution in [1.29, 1.82) is 0 Å². The largest absolute Gasteiger partial charge is 0.481 e. The molecule has 1 N–H and O–H groups in total. The third-order valence-electron chi connectivity index (χ3n) is 3.01. The van der Waals surface area contributed by atoms with Crippen molar-refractivity contribution in [2.45, 2.75) is 20.3 Å². The Balaban J connectivity index is 2.34. The molecule has 2 rings (SSSR count). The second kappa shape index (κ2) is 5.05. The SMILES string of the molecule is Cc1ccc(C)c(-c2ccc(CC(=O)O)cc2)c1. The predicted molar refractivity (Wildman–Crippen MR) is 72.7 cm³/mol. The summed E-state index contributed by atoms with van der Waals surface area (Å²) in [5.74, 6) is -0.797. The second-order valence-electron chi connectivity index (χ2n) is 4.59. The molecule has 0 fully saturated rings. The lowest BCUT2D eigenvalue weighted by Crippen LogP contribution is -1.99. The number of aliphatic carboxylic acids is 1. The quantitative estimate of drug-likeness (QED) is 0.890. The minimum Gasteiger partial charge on any atom is -0.481 e. The van der Waals surface area contributed by atoms with E-state index in [1.54, 1.807) is 0 Å². The van der Waals surface area contributed by atoms with Crippen LogP contribution in [0.2, 0.25) is 0 Å². The van der Waals surface area contributed by atoms with E-state index in [9.17, 15) is 4.79 Å². The van der Waals surface area contributed by atoms with Crippen LogP contribution in [-0.4, -0.2) is 11.1 Å². The van der Waals surface area contributed by atoms with Gasteiger partial charge in [-0.25, -0.2) is 0 Å². The summed E-state index contributed by atoms with van der Waals surface area (Å²) in [6, 6.07) is 14.1. The van der Waals surface area contributed by atoms with Crippen LogP contribution in [0.4, 0.5) is 0 Å². The normalized spacial score (nSPS) is 10.3. The van der Waals surface area contributed by atoms with Gasteiger partial charge in [0.25, 0.3) is 0 Å². The van der Waals surface area contributed by atoms with Crippen LogP contribution in [0.15, 0.2) is 42.5 Å². The van der Waals surface area contributed by atoms with E-state index in [2.05, 4.69) is 32.0 Å². The van der Waals surface area contributed by atoms with Crippen LogP contribution in [0.5, 0.6) is 0 Å². The summed E-state index contributed by atoms with van der Waals surface area (Å²) in [5.41, 5.74) is 5.62.